The molecule has 3 aromatic carbocycles. The number of fused-ring (bicyclic) bond motifs is 1. The molecule has 1 saturated heterocycles. The van der Waals surface area contributed by atoms with Crippen molar-refractivity contribution in [3.05, 3.63) is 102 Å². The van der Waals surface area contributed by atoms with Gasteiger partial charge in [0.2, 0.25) is 69.4 Å². The summed E-state index contributed by atoms with van der Waals surface area (Å²) < 4.78 is 39.0. The number of carboxylic acids is 1. The van der Waals surface area contributed by atoms with Gasteiger partial charge in [0.25, 0.3) is 0 Å². The van der Waals surface area contributed by atoms with Crippen molar-refractivity contribution in [2.75, 3.05) is 95.0 Å². The van der Waals surface area contributed by atoms with Crippen LogP contribution < -0.4 is 48.3 Å². The van der Waals surface area contributed by atoms with E-state index in [0.717, 1.165) is 13.8 Å². The standard InChI is InChI=1S/C63H96N13O21P3S2/c1-39(79)54(62(89)71-52(33-102)61(88)73-55(40(2)80)63(90)91)72-56(83)47(14-8-9-20-64)67-59(86)50(30-43-31-65-46-13-7-6-12-45(43)46)69-58(85)49(29-42-15-17-44(81)18-16-42)68-60(87)51(32-101)70-57(84)48(28-41-10-4-3-5-11-41)66-53(82)19-27-98(92,93)34-74-21-23-75(35-99(94,95)37-77)25-26-76(24-22-74)36-100(96,97)38-78/h3-7,10-13,15-18,31,39-40,47-52,54-55,65,77-81,101-102H,8-9,14,19-30,32-38,64H2,1-2H3,(H,66,82)(H,67,86)(H,68,87)(H,69,85)(H,70,84)(H,71,89)(H,72,83)(H,73,88)(H,90,91)(H,92,93)(H,94,95)(H,96,97)/t39-,40-,47+,48+,49+,50+,51+,52+,54+,55+/m1/s1. The smallest absolute Gasteiger partial charge is 0.328 e. The summed E-state index contributed by atoms with van der Waals surface area (Å²) in [7, 11) is -12.3. The lowest BCUT2D eigenvalue weighted by Crippen LogP contribution is -2.62. The molecule has 34 nitrogen and oxygen atoms in total. The molecule has 8 amide bonds. The molecule has 4 aromatic rings. The number of carbonyl (C=O) groups excluding carboxylic acids is 8. The topological polar surface area (TPSA) is 535 Å². The SMILES string of the molecule is C[C@@H](O)[C@H](NC(=O)[C@H](CS)NC(=O)[C@@H](NC(=O)[C@H](CCCCN)NC(=O)[C@H](Cc1c[nH]c2ccccc12)NC(=O)[C@H](Cc1ccc(O)cc1)NC(=O)[C@H](CS)NC(=O)[C@H](Cc1ccccc1)NC(=O)CCP(=O)(O)CN1CCN(CP(=O)(O)CO)CCN(CP(=O)(O)CO)CC1)[C@@H](C)O)C(=O)O. The number of H-pyrrole nitrogens is 1. The molecule has 5 rings (SSSR count). The lowest BCUT2D eigenvalue weighted by atomic mass is 10.0. The number of aliphatic hydroxyl groups is 4. The van der Waals surface area contributed by atoms with Crippen LogP contribution in [0.2, 0.25) is 0 Å². The summed E-state index contributed by atoms with van der Waals surface area (Å²) >= 11 is 8.47. The number of unbranched alkanes of at least 4 members (excludes halogenated alkanes) is 1. The average molecular weight is 1530 g/mol. The zero-order valence-electron chi connectivity index (χ0n) is 56.5. The van der Waals surface area contributed by atoms with E-state index in [2.05, 4.69) is 72.8 Å². The fourth-order valence-corrected chi connectivity index (χ4v) is 15.0. The largest absolute Gasteiger partial charge is 0.508 e. The maximum Gasteiger partial charge on any atom is 0.328 e. The van der Waals surface area contributed by atoms with E-state index in [-0.39, 0.29) is 83.7 Å². The number of thiol groups is 2. The first-order valence-corrected chi connectivity index (χ1v) is 40.2. The van der Waals surface area contributed by atoms with Crippen molar-refractivity contribution >= 4 is 111 Å². The van der Waals surface area contributed by atoms with Crippen LogP contribution in [-0.2, 0) is 76.1 Å². The van der Waals surface area contributed by atoms with Crippen molar-refractivity contribution in [2.45, 2.75) is 119 Å². The van der Waals surface area contributed by atoms with Crippen LogP contribution in [0.3, 0.4) is 0 Å². The molecule has 0 aliphatic carbocycles. The Balaban J connectivity index is 1.38. The highest BCUT2D eigenvalue weighted by atomic mass is 32.1. The van der Waals surface area contributed by atoms with Crippen molar-refractivity contribution in [3.63, 3.8) is 0 Å². The van der Waals surface area contributed by atoms with Gasteiger partial charge in [-0.05, 0) is 74.5 Å². The molecule has 0 spiro atoms. The normalized spacial score (nSPS) is 18.1. The van der Waals surface area contributed by atoms with Gasteiger partial charge in [0.15, 0.2) is 6.04 Å². The van der Waals surface area contributed by atoms with Gasteiger partial charge >= 0.3 is 5.97 Å². The molecule has 1 fully saturated rings. The van der Waals surface area contributed by atoms with Gasteiger partial charge in [0, 0.05) is 99.7 Å². The fourth-order valence-electron chi connectivity index (χ4n) is 10.9. The Labute approximate surface area is 600 Å². The van der Waals surface area contributed by atoms with Gasteiger partial charge in [-0.25, -0.2) is 4.79 Å². The molecular weight excluding hydrogens is 1430 g/mol. The summed E-state index contributed by atoms with van der Waals surface area (Å²) in [4.78, 5) is 165. The lowest BCUT2D eigenvalue weighted by Gasteiger charge is -2.29. The molecule has 0 radical (unpaired) electrons. The molecule has 39 heteroatoms. The summed E-state index contributed by atoms with van der Waals surface area (Å²) in [5.74, 6) is -10.4. The quantitative estimate of drug-likeness (QED) is 0.0124. The summed E-state index contributed by atoms with van der Waals surface area (Å²) in [6.45, 7) is 2.95. The Bertz CT molecular complexity index is 3570. The zero-order valence-corrected chi connectivity index (χ0v) is 61.0. The Morgan fingerprint density at radius 1 is 0.520 bits per heavy atom. The molecule has 102 heavy (non-hydrogen) atoms. The van der Waals surface area contributed by atoms with Crippen LogP contribution in [0.25, 0.3) is 10.9 Å². The monoisotopic (exact) mass is 1530 g/mol. The number of nitrogens with zero attached hydrogens (tertiary/aromatic N) is 3. The number of phenols is 1. The van der Waals surface area contributed by atoms with Crippen molar-refractivity contribution in [2.24, 2.45) is 5.73 Å². The van der Waals surface area contributed by atoms with Crippen LogP contribution in [0.4, 0.5) is 0 Å². The van der Waals surface area contributed by atoms with Gasteiger partial charge in [-0.2, -0.15) is 25.3 Å². The Morgan fingerprint density at radius 3 is 1.42 bits per heavy atom. The number of nitrogens with two attached hydrogens (primary N) is 1. The minimum absolute atomic E-state index is 0.0658. The first kappa shape index (κ1) is 85.8. The summed E-state index contributed by atoms with van der Waals surface area (Å²) in [6, 6.07) is 8.17. The van der Waals surface area contributed by atoms with E-state index < -0.39 is 192 Å². The van der Waals surface area contributed by atoms with Crippen molar-refractivity contribution < 1.29 is 102 Å². The molecule has 13 atom stereocenters. The zero-order chi connectivity index (χ0) is 75.5. The van der Waals surface area contributed by atoms with Crippen LogP contribution in [0.1, 0.15) is 56.2 Å². The number of phenolic OH excluding ortho intramolecular Hbond substituents is 1. The van der Waals surface area contributed by atoms with Crippen LogP contribution in [0.5, 0.6) is 5.75 Å². The maximum atomic E-state index is 15.0. The Morgan fingerprint density at radius 2 is 0.931 bits per heavy atom. The lowest BCUT2D eigenvalue weighted by molar-refractivity contribution is -0.145. The first-order valence-electron chi connectivity index (χ1n) is 32.8. The van der Waals surface area contributed by atoms with Gasteiger partial charge in [-0.3, -0.25) is 66.8 Å². The highest BCUT2D eigenvalue weighted by Gasteiger charge is 2.38. The molecule has 1 aliphatic heterocycles. The first-order chi connectivity index (χ1) is 48.2. The Kier molecular flexibility index (Phi) is 35.0. The summed E-state index contributed by atoms with van der Waals surface area (Å²) in [5.41, 5.74) is 7.89. The summed E-state index contributed by atoms with van der Waals surface area (Å²) in [6.07, 6.45) is -6.49. The van der Waals surface area contributed by atoms with Crippen LogP contribution in [0.15, 0.2) is 85.1 Å². The third-order valence-electron chi connectivity index (χ3n) is 16.6. The van der Waals surface area contributed by atoms with Crippen LogP contribution >= 0.6 is 47.4 Å². The average Bonchev–Trinajstić information content (AvgIpc) is 1.61. The minimum Gasteiger partial charge on any atom is -0.508 e. The molecule has 1 aliphatic rings. The number of aliphatic carboxylic acids is 1. The van der Waals surface area contributed by atoms with E-state index >= 15 is 4.79 Å². The van der Waals surface area contributed by atoms with Gasteiger partial charge in [-0.15, -0.1) is 0 Å². The van der Waals surface area contributed by atoms with Gasteiger partial charge in [-0.1, -0.05) is 60.7 Å². The number of aromatic nitrogens is 1. The molecule has 566 valence electrons. The number of amides is 8. The summed E-state index contributed by atoms with van der Waals surface area (Å²) in [5, 5.41) is 80.2. The van der Waals surface area contributed by atoms with E-state index in [1.807, 2.05) is 0 Å². The highest BCUT2D eigenvalue weighted by molar-refractivity contribution is 7.80. The fraction of sp³-hybridized carbons (Fsp3) is 0.540. The number of benzene rings is 3. The number of aromatic amines is 1. The number of carbonyl (C=O) groups is 9. The predicted molar refractivity (Wildman–Crippen MR) is 383 cm³/mol. The second-order valence-corrected chi connectivity index (χ2v) is 32.7. The van der Waals surface area contributed by atoms with E-state index in [0.29, 0.717) is 34.0 Å². The highest BCUT2D eigenvalue weighted by Crippen LogP contribution is 2.43. The van der Waals surface area contributed by atoms with E-state index in [4.69, 9.17) is 5.73 Å². The van der Waals surface area contributed by atoms with Gasteiger partial charge in [0.05, 0.1) is 31.1 Å². The third kappa shape index (κ3) is 28.7. The van der Waals surface area contributed by atoms with Gasteiger partial charge in [0.1, 0.15) is 60.7 Å². The molecule has 0 saturated carbocycles. The van der Waals surface area contributed by atoms with E-state index in [9.17, 15) is 97.4 Å². The number of hydrogen-bond acceptors (Lipinski definition) is 23. The van der Waals surface area contributed by atoms with Crippen LogP contribution in [0, 0.1) is 0 Å². The number of carboxylic acid groups (broad SMARTS) is 1. The van der Waals surface area contributed by atoms with Crippen molar-refractivity contribution in [1.29, 1.82) is 0 Å². The molecule has 0 bridgehead atoms. The number of para-hydroxylation sites is 1. The molecular formula is C63H96N13O21P3S2. The molecule has 20 N–H and O–H groups in total. The second-order valence-electron chi connectivity index (χ2n) is 25.1. The molecule has 1 aromatic heterocycles. The van der Waals surface area contributed by atoms with Crippen molar-refractivity contribution in [1.82, 2.24) is 62.2 Å². The van der Waals surface area contributed by atoms with Crippen molar-refractivity contribution in [3.8, 4) is 5.75 Å². The molecule has 2 heterocycles. The van der Waals surface area contributed by atoms with E-state index in [1.54, 1.807) is 65.7 Å². The van der Waals surface area contributed by atoms with Gasteiger partial charge < -0.3 is 98.6 Å². The second kappa shape index (κ2) is 41.6. The number of rotatable bonds is 41. The number of aliphatic hydroxyl groups excluding tert-OH is 4. The minimum atomic E-state index is -4.26. The molecule has 3 unspecified atom stereocenters. The van der Waals surface area contributed by atoms with E-state index in [1.165, 1.54) is 34.1 Å². The third-order valence-corrected chi connectivity index (χ3v) is 21.6. The Hall–Kier alpha value is -6.82. The maximum absolute atomic E-state index is 15.0. The number of nitrogens with one attached hydrogen (secondary N) is 9. The predicted octanol–water partition coefficient (Wildman–Crippen LogP) is -2.49. The number of hydrogen-bond donors (Lipinski definition) is 21. The number of aromatic hydroxyl groups is 1. The van der Waals surface area contributed by atoms with Crippen LogP contribution in [-0.4, -0.2) is 274 Å².